The van der Waals surface area contributed by atoms with Gasteiger partial charge in [0.25, 0.3) is 0 Å². The molecule has 0 bridgehead atoms. The number of hydrogen-bond donors (Lipinski definition) is 4. The van der Waals surface area contributed by atoms with Crippen molar-refractivity contribution in [2.24, 2.45) is 5.92 Å². The monoisotopic (exact) mass is 345 g/mol. The number of H-pyrrole nitrogens is 1. The van der Waals surface area contributed by atoms with Gasteiger partial charge in [0.1, 0.15) is 0 Å². The number of nitrogens with zero attached hydrogens (tertiary/aromatic N) is 1. The number of carboxylic acids is 1. The molecule has 0 radical (unpaired) electrons. The number of piperidine rings is 1. The SMILES string of the molecule is O=C(C[C@H](CN1CCC(O)CC1)C(=O)O)Nc1ccc2cc[nH]c2c1. The maximum atomic E-state index is 12.3. The molecule has 2 heterocycles. The van der Waals surface area contributed by atoms with Crippen molar-refractivity contribution >= 4 is 28.5 Å². The molecule has 3 rings (SSSR count). The minimum atomic E-state index is -0.971. The highest BCUT2D eigenvalue weighted by molar-refractivity contribution is 5.95. The van der Waals surface area contributed by atoms with Crippen molar-refractivity contribution in [1.82, 2.24) is 9.88 Å². The van der Waals surface area contributed by atoms with Crippen molar-refractivity contribution in [1.29, 1.82) is 0 Å². The summed E-state index contributed by atoms with van der Waals surface area (Å²) in [6.45, 7) is 1.65. The van der Waals surface area contributed by atoms with Crippen LogP contribution in [0.1, 0.15) is 19.3 Å². The van der Waals surface area contributed by atoms with Gasteiger partial charge in [-0.15, -0.1) is 0 Å². The van der Waals surface area contributed by atoms with Gasteiger partial charge in [0.05, 0.1) is 12.0 Å². The number of aliphatic hydroxyl groups is 1. The van der Waals surface area contributed by atoms with Gasteiger partial charge in [-0.1, -0.05) is 6.07 Å². The largest absolute Gasteiger partial charge is 0.481 e. The molecule has 1 saturated heterocycles. The number of aliphatic carboxylic acids is 1. The van der Waals surface area contributed by atoms with Crippen molar-refractivity contribution in [2.75, 3.05) is 25.0 Å². The van der Waals surface area contributed by atoms with Gasteiger partial charge in [-0.3, -0.25) is 9.59 Å². The van der Waals surface area contributed by atoms with E-state index in [0.29, 0.717) is 38.2 Å². The molecule has 1 aromatic carbocycles. The zero-order valence-electron chi connectivity index (χ0n) is 13.9. The molecule has 0 aliphatic carbocycles. The summed E-state index contributed by atoms with van der Waals surface area (Å²) in [4.78, 5) is 28.8. The number of hydrogen-bond acceptors (Lipinski definition) is 4. The number of aromatic nitrogens is 1. The van der Waals surface area contributed by atoms with E-state index in [-0.39, 0.29) is 18.4 Å². The number of rotatable bonds is 6. The summed E-state index contributed by atoms with van der Waals surface area (Å²) in [6.07, 6.45) is 2.75. The van der Waals surface area contributed by atoms with Crippen LogP contribution < -0.4 is 5.32 Å². The molecule has 1 aliphatic rings. The number of likely N-dealkylation sites (tertiary alicyclic amines) is 1. The summed E-state index contributed by atoms with van der Waals surface area (Å²) in [5.41, 5.74) is 1.56. The Hall–Kier alpha value is -2.38. The van der Waals surface area contributed by atoms with Crippen LogP contribution in [0.2, 0.25) is 0 Å². The summed E-state index contributed by atoms with van der Waals surface area (Å²) >= 11 is 0. The first-order valence-corrected chi connectivity index (χ1v) is 8.51. The van der Waals surface area contributed by atoms with Gasteiger partial charge in [0.15, 0.2) is 0 Å². The summed E-state index contributed by atoms with van der Waals surface area (Å²) in [7, 11) is 0. The van der Waals surface area contributed by atoms with Crippen molar-refractivity contribution in [2.45, 2.75) is 25.4 Å². The van der Waals surface area contributed by atoms with Crippen LogP contribution in [0, 0.1) is 5.92 Å². The highest BCUT2D eigenvalue weighted by Gasteiger charge is 2.26. The molecule has 4 N–H and O–H groups in total. The first-order chi connectivity index (χ1) is 12.0. The summed E-state index contributed by atoms with van der Waals surface area (Å²) < 4.78 is 0. The molecule has 1 amide bonds. The number of fused-ring (bicyclic) bond motifs is 1. The molecule has 2 aromatic rings. The van der Waals surface area contributed by atoms with Gasteiger partial charge in [-0.05, 0) is 36.4 Å². The third-order valence-corrected chi connectivity index (χ3v) is 4.66. The molecule has 134 valence electrons. The van der Waals surface area contributed by atoms with Gasteiger partial charge >= 0.3 is 5.97 Å². The molecule has 0 spiro atoms. The highest BCUT2D eigenvalue weighted by Crippen LogP contribution is 2.19. The van der Waals surface area contributed by atoms with Crippen LogP contribution in [-0.4, -0.2) is 57.7 Å². The van der Waals surface area contributed by atoms with E-state index >= 15 is 0 Å². The van der Waals surface area contributed by atoms with Crippen LogP contribution in [0.25, 0.3) is 10.9 Å². The second-order valence-electron chi connectivity index (χ2n) is 6.60. The van der Waals surface area contributed by atoms with E-state index in [2.05, 4.69) is 10.3 Å². The fourth-order valence-electron chi connectivity index (χ4n) is 3.20. The first-order valence-electron chi connectivity index (χ1n) is 8.51. The zero-order valence-corrected chi connectivity index (χ0v) is 13.9. The molecule has 1 atom stereocenters. The second-order valence-corrected chi connectivity index (χ2v) is 6.60. The molecule has 1 fully saturated rings. The Kier molecular flexibility index (Phi) is 5.35. The maximum Gasteiger partial charge on any atom is 0.308 e. The summed E-state index contributed by atoms with van der Waals surface area (Å²) in [6, 6.07) is 7.47. The Morgan fingerprint density at radius 1 is 1.28 bits per heavy atom. The fraction of sp³-hybridized carbons (Fsp3) is 0.444. The van der Waals surface area contributed by atoms with Crippen LogP contribution in [0.15, 0.2) is 30.5 Å². The molecule has 0 unspecified atom stereocenters. The molecular formula is C18H23N3O4. The maximum absolute atomic E-state index is 12.3. The average molecular weight is 345 g/mol. The molecule has 7 nitrogen and oxygen atoms in total. The number of carboxylic acid groups (broad SMARTS) is 1. The van der Waals surface area contributed by atoms with Gasteiger partial charge < -0.3 is 25.4 Å². The second kappa shape index (κ2) is 7.67. The van der Waals surface area contributed by atoms with E-state index in [4.69, 9.17) is 0 Å². The molecule has 0 saturated carbocycles. The van der Waals surface area contributed by atoms with E-state index in [9.17, 15) is 19.8 Å². The fourth-order valence-corrected chi connectivity index (χ4v) is 3.20. The van der Waals surface area contributed by atoms with E-state index in [1.807, 2.05) is 29.3 Å². The molecule has 1 aliphatic heterocycles. The predicted molar refractivity (Wildman–Crippen MR) is 94.4 cm³/mol. The number of benzene rings is 1. The van der Waals surface area contributed by atoms with E-state index in [0.717, 1.165) is 10.9 Å². The number of amides is 1. The van der Waals surface area contributed by atoms with Crippen LogP contribution in [0.3, 0.4) is 0 Å². The quantitative estimate of drug-likeness (QED) is 0.637. The third kappa shape index (κ3) is 4.58. The van der Waals surface area contributed by atoms with Gasteiger partial charge in [0.2, 0.25) is 5.91 Å². The van der Waals surface area contributed by atoms with Crippen molar-refractivity contribution in [3.8, 4) is 0 Å². The van der Waals surface area contributed by atoms with Crippen LogP contribution in [0.5, 0.6) is 0 Å². The molecule has 25 heavy (non-hydrogen) atoms. The Morgan fingerprint density at radius 2 is 2.04 bits per heavy atom. The highest BCUT2D eigenvalue weighted by atomic mass is 16.4. The van der Waals surface area contributed by atoms with Gasteiger partial charge in [-0.2, -0.15) is 0 Å². The minimum Gasteiger partial charge on any atom is -0.481 e. The Balaban J connectivity index is 1.57. The number of carbonyl (C=O) groups is 2. The van der Waals surface area contributed by atoms with Crippen LogP contribution in [0.4, 0.5) is 5.69 Å². The first kappa shape index (κ1) is 17.4. The van der Waals surface area contributed by atoms with E-state index in [1.165, 1.54) is 0 Å². The number of aliphatic hydroxyl groups excluding tert-OH is 1. The molecular weight excluding hydrogens is 322 g/mol. The Morgan fingerprint density at radius 3 is 2.76 bits per heavy atom. The van der Waals surface area contributed by atoms with Crippen molar-refractivity contribution < 1.29 is 19.8 Å². The van der Waals surface area contributed by atoms with Gasteiger partial charge in [-0.25, -0.2) is 0 Å². The Bertz CT molecular complexity index is 750. The normalized spacial score (nSPS) is 17.5. The summed E-state index contributed by atoms with van der Waals surface area (Å²) in [5.74, 6) is -2.04. The lowest BCUT2D eigenvalue weighted by atomic mass is 10.0. The predicted octanol–water partition coefficient (Wildman–Crippen LogP) is 1.65. The molecule has 7 heteroatoms. The lowest BCUT2D eigenvalue weighted by Crippen LogP contribution is -2.41. The lowest BCUT2D eigenvalue weighted by molar-refractivity contribution is -0.144. The van der Waals surface area contributed by atoms with E-state index < -0.39 is 11.9 Å². The number of nitrogens with one attached hydrogen (secondary N) is 2. The minimum absolute atomic E-state index is 0.0723. The number of aromatic amines is 1. The van der Waals surface area contributed by atoms with Gasteiger partial charge in [0, 0.05) is 43.5 Å². The topological polar surface area (TPSA) is 106 Å². The number of carbonyl (C=O) groups excluding carboxylic acids is 1. The summed E-state index contributed by atoms with van der Waals surface area (Å²) in [5, 5.41) is 22.8. The standard InChI is InChI=1S/C18H23N3O4/c22-15-4-7-21(8-5-15)11-13(18(24)25)9-17(23)20-14-2-1-12-3-6-19-16(12)10-14/h1-3,6,10,13,15,19,22H,4-5,7-9,11H2,(H,20,23)(H,24,25)/t13-/m1/s1. The Labute approximate surface area is 145 Å². The van der Waals surface area contributed by atoms with E-state index in [1.54, 1.807) is 6.07 Å². The van der Waals surface area contributed by atoms with Crippen LogP contribution >= 0.6 is 0 Å². The van der Waals surface area contributed by atoms with Crippen LogP contribution in [-0.2, 0) is 9.59 Å². The van der Waals surface area contributed by atoms with Crippen molar-refractivity contribution in [3.63, 3.8) is 0 Å². The third-order valence-electron chi connectivity index (χ3n) is 4.66. The average Bonchev–Trinajstić information content (AvgIpc) is 3.03. The number of anilines is 1. The smallest absolute Gasteiger partial charge is 0.308 e. The zero-order chi connectivity index (χ0) is 17.8. The van der Waals surface area contributed by atoms with Crippen molar-refractivity contribution in [3.05, 3.63) is 30.5 Å². The lowest BCUT2D eigenvalue weighted by Gasteiger charge is -2.31. The molecule has 1 aromatic heterocycles.